The third-order valence-electron chi connectivity index (χ3n) is 16.3. The molecule has 2 aliphatic heterocycles. The third kappa shape index (κ3) is 9.81. The number of likely N-dealkylation sites (N-methyl/N-ethyl adjacent to an activating group) is 1. The van der Waals surface area contributed by atoms with E-state index in [9.17, 15) is 25.5 Å². The lowest BCUT2D eigenvalue weighted by molar-refractivity contribution is -0.132. The van der Waals surface area contributed by atoms with E-state index in [0.29, 0.717) is 74.9 Å². The molecule has 8 unspecified atom stereocenters. The fourth-order valence-corrected chi connectivity index (χ4v) is 13.1. The molecule has 2 bridgehead atoms. The first-order chi connectivity index (χ1) is 34.5. The van der Waals surface area contributed by atoms with Crippen molar-refractivity contribution < 1.29 is 39.8 Å². The zero-order chi connectivity index (χ0) is 49.2. The number of aromatic hydroxyl groups is 4. The van der Waals surface area contributed by atoms with Crippen LogP contribution < -0.4 is 20.1 Å². The van der Waals surface area contributed by atoms with Crippen LogP contribution in [0, 0.1) is 23.7 Å². The summed E-state index contributed by atoms with van der Waals surface area (Å²) in [4.78, 5) is 24.7. The van der Waals surface area contributed by atoms with E-state index in [2.05, 4.69) is 46.8 Å². The number of phenolic OH excluding ortho intramolecular Hbond substituents is 4. The summed E-state index contributed by atoms with van der Waals surface area (Å²) in [6.07, 6.45) is 14.8. The van der Waals surface area contributed by atoms with E-state index in [0.717, 1.165) is 82.9 Å². The largest absolute Gasteiger partial charge is 0.508 e. The summed E-state index contributed by atoms with van der Waals surface area (Å²) in [5.41, 5.74) is 5.59. The maximum absolute atomic E-state index is 16.3. The number of hydrogen-bond donors (Lipinski definition) is 8. The highest BCUT2D eigenvalue weighted by atomic mass is 16.5. The third-order valence-corrected chi connectivity index (χ3v) is 16.3. The van der Waals surface area contributed by atoms with Crippen LogP contribution in [0.25, 0.3) is 10.8 Å². The first-order valence-electron chi connectivity index (χ1n) is 25.8. The minimum atomic E-state index is -1.07. The highest BCUT2D eigenvalue weighted by Gasteiger charge is 2.55. The van der Waals surface area contributed by atoms with Gasteiger partial charge in [-0.1, -0.05) is 43.7 Å². The molecule has 8 N–H and O–H groups in total. The quantitative estimate of drug-likeness (QED) is 0.0430. The molecule has 12 nitrogen and oxygen atoms in total. The van der Waals surface area contributed by atoms with Crippen molar-refractivity contribution in [2.75, 3.05) is 32.1 Å². The minimum absolute atomic E-state index is 0.0279. The van der Waals surface area contributed by atoms with Crippen LogP contribution >= 0.6 is 0 Å². The highest BCUT2D eigenvalue weighted by molar-refractivity contribution is 5.93. The van der Waals surface area contributed by atoms with Crippen molar-refractivity contribution >= 4 is 28.1 Å². The molecule has 12 heteroatoms. The number of aromatic nitrogens is 2. The second-order valence-electron chi connectivity index (χ2n) is 20.9. The first-order valence-corrected chi connectivity index (χ1v) is 25.8. The number of aromatic amines is 1. The molecule has 1 spiro atoms. The van der Waals surface area contributed by atoms with Crippen molar-refractivity contribution in [3.8, 4) is 34.5 Å². The van der Waals surface area contributed by atoms with Gasteiger partial charge in [-0.25, -0.2) is 4.98 Å². The van der Waals surface area contributed by atoms with Crippen LogP contribution in [0.1, 0.15) is 110 Å². The molecule has 372 valence electrons. The van der Waals surface area contributed by atoms with Crippen LogP contribution in [0.2, 0.25) is 0 Å². The number of aliphatic hydroxyl groups is 1. The minimum Gasteiger partial charge on any atom is -0.508 e. The average molecular weight is 961 g/mol. The predicted molar refractivity (Wildman–Crippen MR) is 276 cm³/mol. The van der Waals surface area contributed by atoms with Gasteiger partial charge in [-0.3, -0.25) is 4.79 Å². The highest BCUT2D eigenvalue weighted by Crippen LogP contribution is 2.56. The Kier molecular flexibility index (Phi) is 14.0. The monoisotopic (exact) mass is 961 g/mol. The van der Waals surface area contributed by atoms with Crippen LogP contribution in [-0.4, -0.2) is 74.2 Å². The molecule has 71 heavy (non-hydrogen) atoms. The number of rotatable bonds is 12. The first kappa shape index (κ1) is 48.1. The molecule has 2 aromatic heterocycles. The molecule has 2 aliphatic carbocycles. The Balaban J connectivity index is 1.14. The molecular formula is C59H68N4O8. The van der Waals surface area contributed by atoms with E-state index in [-0.39, 0.29) is 58.7 Å². The van der Waals surface area contributed by atoms with Crippen molar-refractivity contribution in [3.05, 3.63) is 137 Å². The van der Waals surface area contributed by atoms with Crippen molar-refractivity contribution in [2.45, 2.75) is 107 Å². The van der Waals surface area contributed by atoms with Crippen LogP contribution in [0.4, 0.5) is 11.5 Å². The molecule has 8 atom stereocenters. The van der Waals surface area contributed by atoms with Crippen molar-refractivity contribution in [1.29, 1.82) is 0 Å². The number of nitrogens with one attached hydrogen (secondary N) is 3. The maximum Gasteiger partial charge on any atom is 0.200 e. The summed E-state index contributed by atoms with van der Waals surface area (Å²) in [7, 11) is 1.91. The molecule has 0 saturated heterocycles. The van der Waals surface area contributed by atoms with Crippen molar-refractivity contribution in [1.82, 2.24) is 15.3 Å². The van der Waals surface area contributed by atoms with Crippen LogP contribution in [0.15, 0.2) is 103 Å². The number of Topliss-reactive ketones (excluding diaryl/α,β-unsaturated/α-hetero) is 1. The fourth-order valence-electron chi connectivity index (χ4n) is 13.1. The second kappa shape index (κ2) is 20.7. The van der Waals surface area contributed by atoms with Gasteiger partial charge in [0.15, 0.2) is 23.0 Å². The lowest BCUT2D eigenvalue weighted by atomic mass is 9.58. The Morgan fingerprint density at radius 2 is 1.87 bits per heavy atom. The van der Waals surface area contributed by atoms with Gasteiger partial charge in [-0.2, -0.15) is 0 Å². The summed E-state index contributed by atoms with van der Waals surface area (Å²) in [5.74, 6) is -0.209. The Morgan fingerprint density at radius 1 is 0.986 bits per heavy atom. The smallest absolute Gasteiger partial charge is 0.200 e. The van der Waals surface area contributed by atoms with Crippen molar-refractivity contribution in [3.63, 3.8) is 0 Å². The number of ether oxygens (including phenoxy) is 2. The number of H-pyrrole nitrogens is 1. The van der Waals surface area contributed by atoms with E-state index in [1.807, 2.05) is 55.8 Å². The Labute approximate surface area is 416 Å². The summed E-state index contributed by atoms with van der Waals surface area (Å²) in [6.45, 7) is 3.58. The van der Waals surface area contributed by atoms with E-state index < -0.39 is 23.4 Å². The number of aliphatic hydroxyl groups excluding tert-OH is 1. The molecule has 10 rings (SSSR count). The van der Waals surface area contributed by atoms with E-state index >= 15 is 4.79 Å². The number of benzene rings is 4. The summed E-state index contributed by atoms with van der Waals surface area (Å²) in [6, 6.07) is 24.6. The number of phenols is 4. The molecule has 4 aromatic carbocycles. The Bertz CT molecular complexity index is 2900. The van der Waals surface area contributed by atoms with Gasteiger partial charge in [-0.05, 0) is 189 Å². The molecule has 1 fully saturated rings. The Hall–Kier alpha value is -6.50. The van der Waals surface area contributed by atoms with Gasteiger partial charge in [0.05, 0.1) is 25.2 Å². The zero-order valence-corrected chi connectivity index (χ0v) is 40.9. The number of allylic oxidation sites excluding steroid dienone is 1. The zero-order valence-electron chi connectivity index (χ0n) is 40.9. The van der Waals surface area contributed by atoms with Crippen LogP contribution in [0.3, 0.4) is 0 Å². The topological polar surface area (TPSA) is 189 Å². The summed E-state index contributed by atoms with van der Waals surface area (Å²) in [5, 5.41) is 66.5. The number of pyridine rings is 1. The SMILES string of the molecule is CNCC1CC(c2cc(O)c(O)c(OCC3C=CCC(C)C3)c2)CC(=O)C(C(O)CCc2ccc(O)c3c2CCCO3)C2(CCCC2Cc2ccc[nH]2)c2ccnc(c2)Nc2ccc3cc(O)ccc3c21. The molecule has 1 saturated carbocycles. The van der Waals surface area contributed by atoms with E-state index in [1.54, 1.807) is 30.3 Å². The maximum atomic E-state index is 16.3. The van der Waals surface area contributed by atoms with Gasteiger partial charge in [0.25, 0.3) is 0 Å². The van der Waals surface area contributed by atoms with Gasteiger partial charge in [-0.15, -0.1) is 0 Å². The lowest BCUT2D eigenvalue weighted by Crippen LogP contribution is -2.50. The molecule has 0 radical (unpaired) electrons. The number of hydrogen-bond acceptors (Lipinski definition) is 11. The molecular weight excluding hydrogens is 893 g/mol. The number of carbonyl (C=O) groups is 1. The van der Waals surface area contributed by atoms with Gasteiger partial charge in [0.1, 0.15) is 17.4 Å². The number of ketones is 1. The van der Waals surface area contributed by atoms with Crippen LogP contribution in [-0.2, 0) is 29.5 Å². The number of nitrogens with zero attached hydrogens (tertiary/aromatic N) is 1. The predicted octanol–water partition coefficient (Wildman–Crippen LogP) is 10.8. The second-order valence-corrected chi connectivity index (χ2v) is 20.9. The van der Waals surface area contributed by atoms with Crippen molar-refractivity contribution in [2.24, 2.45) is 23.7 Å². The lowest BCUT2D eigenvalue weighted by Gasteiger charge is -2.45. The van der Waals surface area contributed by atoms with Gasteiger partial charge < -0.3 is 50.6 Å². The Morgan fingerprint density at radius 3 is 2.70 bits per heavy atom. The molecule has 4 aliphatic rings. The number of anilines is 2. The number of aryl methyl sites for hydroxylation is 1. The molecule has 0 amide bonds. The van der Waals surface area contributed by atoms with Gasteiger partial charge in [0, 0.05) is 53.6 Å². The summed E-state index contributed by atoms with van der Waals surface area (Å²) >= 11 is 0. The van der Waals surface area contributed by atoms with Gasteiger partial charge in [0.2, 0.25) is 5.75 Å². The summed E-state index contributed by atoms with van der Waals surface area (Å²) < 4.78 is 12.3. The van der Waals surface area contributed by atoms with E-state index in [4.69, 9.17) is 14.5 Å². The number of fused-ring (bicyclic) bond motifs is 7. The van der Waals surface area contributed by atoms with Crippen LogP contribution in [0.5, 0.6) is 34.5 Å². The standard InChI is InChI=1S/C59H68N4O8/c1-35-7-3-8-36(25-35)34-71-53-30-40(29-52(68)57(53)69)39-26-41(33-60-2)55-46-16-15-45(64)27-38(46)12-17-48(55)63-54-32-43(20-23-62-54)59(21-4-9-42(59)31-44-10-5-22-61-44)56(51(67)28-39)49(65)18-13-37-14-19-50(66)58-47(37)11-6-24-70-58/h3,5,8,10,12,14-17,19-20,22-23,27,29-30,32,35-36,39,41-42,49,56,60-61,64-66,68-69H,4,6-7,9,11,13,18,21,24-26,28,31,33-34H2,1-2H3,(H,62,63). The number of carbonyl (C=O) groups excluding carboxylic acids is 1. The van der Waals surface area contributed by atoms with Gasteiger partial charge >= 0.3 is 0 Å². The van der Waals surface area contributed by atoms with E-state index in [1.165, 1.54) is 0 Å². The molecule has 4 heterocycles. The molecule has 6 aromatic rings. The average Bonchev–Trinajstić information content (AvgIpc) is 4.04. The fraction of sp³-hybridized carbons (Fsp3) is 0.424. The normalized spacial score (nSPS) is 24.7.